The molecule has 176 valence electrons. The van der Waals surface area contributed by atoms with Crippen LogP contribution in [0.15, 0.2) is 82.3 Å². The predicted octanol–water partition coefficient (Wildman–Crippen LogP) is 5.15. The SMILES string of the molecule is O=C(O)/C(=C/c1csc2ccccc12)NC(=O)c1ccc(C(=O)NCc2cccc(O)c2)cc1Br. The second kappa shape index (κ2) is 10.5. The van der Waals surface area contributed by atoms with E-state index < -0.39 is 11.9 Å². The number of carbonyl (C=O) groups is 3. The number of carbonyl (C=O) groups excluding carboxylic acids is 2. The second-order valence-corrected chi connectivity index (χ2v) is 9.32. The third-order valence-corrected chi connectivity index (χ3v) is 6.77. The van der Waals surface area contributed by atoms with Crippen LogP contribution in [0.3, 0.4) is 0 Å². The molecule has 4 N–H and O–H groups in total. The van der Waals surface area contributed by atoms with Crippen LogP contribution in [0.5, 0.6) is 5.75 Å². The number of phenols is 1. The van der Waals surface area contributed by atoms with Gasteiger partial charge in [-0.25, -0.2) is 4.79 Å². The normalized spacial score (nSPS) is 11.3. The molecule has 1 heterocycles. The first-order valence-electron chi connectivity index (χ1n) is 10.4. The van der Waals surface area contributed by atoms with Crippen LogP contribution >= 0.6 is 27.3 Å². The molecule has 0 saturated carbocycles. The van der Waals surface area contributed by atoms with Gasteiger partial charge in [-0.1, -0.05) is 30.3 Å². The summed E-state index contributed by atoms with van der Waals surface area (Å²) in [4.78, 5) is 37.1. The highest BCUT2D eigenvalue weighted by molar-refractivity contribution is 9.10. The maximum Gasteiger partial charge on any atom is 0.352 e. The van der Waals surface area contributed by atoms with E-state index in [4.69, 9.17) is 0 Å². The highest BCUT2D eigenvalue weighted by Gasteiger charge is 2.18. The van der Waals surface area contributed by atoms with Crippen LogP contribution in [0.25, 0.3) is 16.2 Å². The van der Waals surface area contributed by atoms with Gasteiger partial charge < -0.3 is 20.8 Å². The lowest BCUT2D eigenvalue weighted by Crippen LogP contribution is -2.28. The number of halogens is 1. The average Bonchev–Trinajstić information content (AvgIpc) is 3.24. The highest BCUT2D eigenvalue weighted by Crippen LogP contribution is 2.27. The quantitative estimate of drug-likeness (QED) is 0.237. The Kier molecular flexibility index (Phi) is 7.28. The number of hydrogen-bond acceptors (Lipinski definition) is 5. The molecule has 0 fully saturated rings. The summed E-state index contributed by atoms with van der Waals surface area (Å²) in [6, 6.07) is 18.6. The minimum absolute atomic E-state index is 0.108. The van der Waals surface area contributed by atoms with Crippen molar-refractivity contribution in [1.82, 2.24) is 10.6 Å². The standard InChI is InChI=1S/C26H19BrN2O5S/c27-21-11-16(24(31)28-13-15-4-3-5-18(30)10-15)8-9-20(21)25(32)29-22(26(33)34)12-17-14-35-23-7-2-1-6-19(17)23/h1-12,14,30H,13H2,(H,28,31)(H,29,32)(H,33,34)/b22-12-. The zero-order chi connectivity index (χ0) is 24.9. The molecule has 35 heavy (non-hydrogen) atoms. The number of aromatic hydroxyl groups is 1. The maximum atomic E-state index is 12.8. The molecular formula is C26H19BrN2O5S. The molecule has 2 amide bonds. The van der Waals surface area contributed by atoms with Gasteiger partial charge >= 0.3 is 5.97 Å². The van der Waals surface area contributed by atoms with E-state index in [1.54, 1.807) is 24.3 Å². The number of fused-ring (bicyclic) bond motifs is 1. The first-order chi connectivity index (χ1) is 16.8. The smallest absolute Gasteiger partial charge is 0.352 e. The second-order valence-electron chi connectivity index (χ2n) is 7.55. The molecule has 0 aliphatic heterocycles. The summed E-state index contributed by atoms with van der Waals surface area (Å²) in [7, 11) is 0. The number of nitrogens with one attached hydrogen (secondary N) is 2. The number of carboxylic acid groups (broad SMARTS) is 1. The van der Waals surface area contributed by atoms with E-state index in [9.17, 15) is 24.6 Å². The van der Waals surface area contributed by atoms with E-state index >= 15 is 0 Å². The molecule has 0 atom stereocenters. The number of hydrogen-bond donors (Lipinski definition) is 4. The molecule has 0 bridgehead atoms. The molecule has 0 spiro atoms. The van der Waals surface area contributed by atoms with Gasteiger partial charge in [-0.3, -0.25) is 9.59 Å². The van der Waals surface area contributed by atoms with Gasteiger partial charge in [0, 0.05) is 21.3 Å². The molecule has 0 aliphatic carbocycles. The predicted molar refractivity (Wildman–Crippen MR) is 138 cm³/mol. The van der Waals surface area contributed by atoms with E-state index in [2.05, 4.69) is 26.6 Å². The third kappa shape index (κ3) is 5.76. The van der Waals surface area contributed by atoms with Crippen LogP contribution in [0, 0.1) is 0 Å². The average molecular weight is 551 g/mol. The van der Waals surface area contributed by atoms with Crippen molar-refractivity contribution in [2.75, 3.05) is 0 Å². The highest BCUT2D eigenvalue weighted by atomic mass is 79.9. The maximum absolute atomic E-state index is 12.8. The lowest BCUT2D eigenvalue weighted by atomic mass is 10.1. The Balaban J connectivity index is 1.48. The third-order valence-electron chi connectivity index (χ3n) is 5.13. The van der Waals surface area contributed by atoms with Crippen LogP contribution in [-0.4, -0.2) is 28.0 Å². The molecule has 0 aliphatic rings. The number of aliphatic carboxylic acids is 1. The fraction of sp³-hybridized carbons (Fsp3) is 0.0385. The van der Waals surface area contributed by atoms with Crippen molar-refractivity contribution in [3.63, 3.8) is 0 Å². The monoisotopic (exact) mass is 550 g/mol. The van der Waals surface area contributed by atoms with Crippen molar-refractivity contribution in [3.05, 3.63) is 105 Å². The van der Waals surface area contributed by atoms with Crippen LogP contribution in [0.1, 0.15) is 31.8 Å². The molecule has 7 nitrogen and oxygen atoms in total. The van der Waals surface area contributed by atoms with E-state index in [1.807, 2.05) is 29.6 Å². The Labute approximate surface area is 212 Å². The van der Waals surface area contributed by atoms with Gasteiger partial charge in [0.1, 0.15) is 11.4 Å². The zero-order valence-electron chi connectivity index (χ0n) is 18.1. The Morgan fingerprint density at radius 2 is 1.77 bits per heavy atom. The Morgan fingerprint density at radius 3 is 2.51 bits per heavy atom. The number of carboxylic acids is 1. The Hall–Kier alpha value is -3.95. The van der Waals surface area contributed by atoms with Gasteiger partial charge in [-0.2, -0.15) is 0 Å². The van der Waals surface area contributed by atoms with Crippen LogP contribution in [-0.2, 0) is 11.3 Å². The zero-order valence-corrected chi connectivity index (χ0v) is 20.5. The van der Waals surface area contributed by atoms with Crippen molar-refractivity contribution in [2.45, 2.75) is 6.54 Å². The molecule has 3 aromatic carbocycles. The van der Waals surface area contributed by atoms with Gasteiger partial charge in [-0.05, 0) is 80.3 Å². The minimum Gasteiger partial charge on any atom is -0.508 e. The van der Waals surface area contributed by atoms with Gasteiger partial charge in [0.15, 0.2) is 0 Å². The van der Waals surface area contributed by atoms with E-state index in [-0.39, 0.29) is 29.5 Å². The first-order valence-corrected chi connectivity index (χ1v) is 12.1. The lowest BCUT2D eigenvalue weighted by molar-refractivity contribution is -0.132. The summed E-state index contributed by atoms with van der Waals surface area (Å²) in [5, 5.41) is 27.1. The summed E-state index contributed by atoms with van der Waals surface area (Å²) in [6.07, 6.45) is 1.43. The van der Waals surface area contributed by atoms with Crippen molar-refractivity contribution < 1.29 is 24.6 Å². The fourth-order valence-electron chi connectivity index (χ4n) is 3.40. The minimum atomic E-state index is -1.27. The molecule has 0 saturated heterocycles. The molecule has 4 aromatic rings. The van der Waals surface area contributed by atoms with Crippen molar-refractivity contribution >= 4 is 61.2 Å². The number of rotatable bonds is 7. The number of amides is 2. The number of phenolic OH excluding ortho intramolecular Hbond substituents is 1. The van der Waals surface area contributed by atoms with Gasteiger partial charge in [-0.15, -0.1) is 11.3 Å². The molecule has 1 aromatic heterocycles. The molecule has 9 heteroatoms. The Morgan fingerprint density at radius 1 is 0.971 bits per heavy atom. The summed E-state index contributed by atoms with van der Waals surface area (Å²) in [5.74, 6) is -2.15. The summed E-state index contributed by atoms with van der Waals surface area (Å²) in [5.41, 5.74) is 1.66. The number of thiophene rings is 1. The van der Waals surface area contributed by atoms with Crippen molar-refractivity contribution in [3.8, 4) is 5.75 Å². The number of benzene rings is 3. The van der Waals surface area contributed by atoms with Crippen molar-refractivity contribution in [2.24, 2.45) is 0 Å². The summed E-state index contributed by atoms with van der Waals surface area (Å²) >= 11 is 4.79. The Bertz CT molecular complexity index is 1480. The molecular weight excluding hydrogens is 532 g/mol. The van der Waals surface area contributed by atoms with Crippen LogP contribution in [0.4, 0.5) is 0 Å². The first kappa shape index (κ1) is 24.2. The largest absolute Gasteiger partial charge is 0.508 e. The van der Waals surface area contributed by atoms with Crippen LogP contribution in [0.2, 0.25) is 0 Å². The van der Waals surface area contributed by atoms with Gasteiger partial charge in [0.05, 0.1) is 5.56 Å². The van der Waals surface area contributed by atoms with Gasteiger partial charge in [0.25, 0.3) is 11.8 Å². The lowest BCUT2D eigenvalue weighted by Gasteiger charge is -2.10. The molecule has 0 unspecified atom stereocenters. The molecule has 0 radical (unpaired) electrons. The molecule has 4 rings (SSSR count). The van der Waals surface area contributed by atoms with E-state index in [1.165, 1.54) is 35.6 Å². The topological polar surface area (TPSA) is 116 Å². The fourth-order valence-corrected chi connectivity index (χ4v) is 4.88. The van der Waals surface area contributed by atoms with Crippen molar-refractivity contribution in [1.29, 1.82) is 0 Å². The van der Waals surface area contributed by atoms with Crippen LogP contribution < -0.4 is 10.6 Å². The van der Waals surface area contributed by atoms with E-state index in [0.29, 0.717) is 15.6 Å². The van der Waals surface area contributed by atoms with Gasteiger partial charge in [0.2, 0.25) is 0 Å². The summed E-state index contributed by atoms with van der Waals surface area (Å²) in [6.45, 7) is 0.219. The summed E-state index contributed by atoms with van der Waals surface area (Å²) < 4.78 is 1.35. The van der Waals surface area contributed by atoms with E-state index in [0.717, 1.165) is 15.6 Å².